The molecule has 10 heteroatoms. The van der Waals surface area contributed by atoms with Gasteiger partial charge in [-0.15, -0.1) is 12.4 Å². The Kier molecular flexibility index (Phi) is 7.27. The number of rotatable bonds is 5. The highest BCUT2D eigenvalue weighted by atomic mass is 35.5. The number of anilines is 1. The van der Waals surface area contributed by atoms with E-state index in [0.717, 1.165) is 25.9 Å². The molecule has 0 radical (unpaired) electrons. The van der Waals surface area contributed by atoms with Crippen LogP contribution in [-0.2, 0) is 0 Å². The number of carbonyl (C=O) groups is 1. The summed E-state index contributed by atoms with van der Waals surface area (Å²) in [6.07, 6.45) is 5.87. The van der Waals surface area contributed by atoms with E-state index in [1.54, 1.807) is 12.3 Å². The number of nitrogens with one attached hydrogen (secondary N) is 1. The van der Waals surface area contributed by atoms with Gasteiger partial charge in [-0.1, -0.05) is 0 Å². The maximum atomic E-state index is 12.8. The summed E-state index contributed by atoms with van der Waals surface area (Å²) in [5.74, 6) is 1.21. The fourth-order valence-electron chi connectivity index (χ4n) is 3.70. The Hall–Kier alpha value is -2.39. The molecule has 2 aliphatic heterocycles. The van der Waals surface area contributed by atoms with Crippen LogP contribution < -0.4 is 15.0 Å². The molecular formula is C19H28ClN7O2. The number of aromatic nitrogens is 4. The van der Waals surface area contributed by atoms with Gasteiger partial charge in [-0.2, -0.15) is 10.1 Å². The first-order valence-electron chi connectivity index (χ1n) is 10.0. The number of hydrogen-bond donors (Lipinski definition) is 1. The lowest BCUT2D eigenvalue weighted by Gasteiger charge is -2.34. The SMILES string of the molecule is CCOc1ccnc(N2CCN(C(=O)c3ccn(C4CCCNC4)n3)CC2)n1.Cl. The van der Waals surface area contributed by atoms with E-state index in [4.69, 9.17) is 4.74 Å². The second-order valence-electron chi connectivity index (χ2n) is 7.09. The monoisotopic (exact) mass is 421 g/mol. The van der Waals surface area contributed by atoms with Crippen molar-refractivity contribution in [2.24, 2.45) is 0 Å². The minimum Gasteiger partial charge on any atom is -0.478 e. The molecule has 2 aliphatic rings. The van der Waals surface area contributed by atoms with Gasteiger partial charge in [0.2, 0.25) is 11.8 Å². The number of carbonyl (C=O) groups excluding carboxylic acids is 1. The first kappa shape index (κ1) is 21.3. The van der Waals surface area contributed by atoms with Crippen LogP contribution in [0.15, 0.2) is 24.5 Å². The van der Waals surface area contributed by atoms with Gasteiger partial charge in [0, 0.05) is 51.2 Å². The van der Waals surface area contributed by atoms with Gasteiger partial charge in [0.1, 0.15) is 5.69 Å². The van der Waals surface area contributed by atoms with Gasteiger partial charge >= 0.3 is 0 Å². The van der Waals surface area contributed by atoms with E-state index in [9.17, 15) is 4.79 Å². The molecule has 2 saturated heterocycles. The van der Waals surface area contributed by atoms with Crippen LogP contribution in [-0.4, -0.2) is 76.4 Å². The minimum atomic E-state index is -0.00819. The standard InChI is InChI=1S/C19H27N7O2.ClH/c1-2-28-17-5-8-21-19(22-17)25-12-10-24(11-13-25)18(27)16-6-9-26(23-16)15-4-3-7-20-14-15;/h5-6,8-9,15,20H,2-4,7,10-14H2,1H3;1H. The van der Waals surface area contributed by atoms with E-state index in [0.29, 0.717) is 56.4 Å². The Morgan fingerprint density at radius 1 is 1.28 bits per heavy atom. The summed E-state index contributed by atoms with van der Waals surface area (Å²) in [4.78, 5) is 25.6. The maximum absolute atomic E-state index is 12.8. The second kappa shape index (κ2) is 9.89. The second-order valence-corrected chi connectivity index (χ2v) is 7.09. The normalized spacial score (nSPS) is 19.6. The van der Waals surface area contributed by atoms with Gasteiger partial charge in [0.25, 0.3) is 5.91 Å². The summed E-state index contributed by atoms with van der Waals surface area (Å²) in [5.41, 5.74) is 0.522. The fraction of sp³-hybridized carbons (Fsp3) is 0.579. The van der Waals surface area contributed by atoms with E-state index >= 15 is 0 Å². The zero-order valence-electron chi connectivity index (χ0n) is 16.7. The summed E-state index contributed by atoms with van der Waals surface area (Å²) >= 11 is 0. The molecule has 2 aromatic heterocycles. The van der Waals surface area contributed by atoms with E-state index in [2.05, 4.69) is 25.3 Å². The zero-order valence-corrected chi connectivity index (χ0v) is 17.5. The number of piperidine rings is 1. The van der Waals surface area contributed by atoms with Crippen molar-refractivity contribution in [1.82, 2.24) is 30.0 Å². The zero-order chi connectivity index (χ0) is 19.3. The average molecular weight is 422 g/mol. The third-order valence-corrected chi connectivity index (χ3v) is 5.23. The first-order chi connectivity index (χ1) is 13.7. The largest absolute Gasteiger partial charge is 0.478 e. The molecule has 1 amide bonds. The lowest BCUT2D eigenvalue weighted by molar-refractivity contribution is 0.0738. The molecule has 4 heterocycles. The van der Waals surface area contributed by atoms with Gasteiger partial charge in [-0.3, -0.25) is 9.48 Å². The molecule has 4 rings (SSSR count). The Labute approximate surface area is 176 Å². The molecule has 0 spiro atoms. The van der Waals surface area contributed by atoms with Crippen molar-refractivity contribution in [3.63, 3.8) is 0 Å². The van der Waals surface area contributed by atoms with Crippen LogP contribution in [0.5, 0.6) is 5.88 Å². The molecule has 1 N–H and O–H groups in total. The quantitative estimate of drug-likeness (QED) is 0.780. The molecule has 0 saturated carbocycles. The van der Waals surface area contributed by atoms with Crippen molar-refractivity contribution in [3.8, 4) is 5.88 Å². The Morgan fingerprint density at radius 2 is 2.10 bits per heavy atom. The summed E-state index contributed by atoms with van der Waals surface area (Å²) in [6, 6.07) is 3.92. The highest BCUT2D eigenvalue weighted by molar-refractivity contribution is 5.92. The van der Waals surface area contributed by atoms with Crippen LogP contribution in [0.25, 0.3) is 0 Å². The summed E-state index contributed by atoms with van der Waals surface area (Å²) in [6.45, 7) is 7.10. The number of amides is 1. The molecular weight excluding hydrogens is 394 g/mol. The average Bonchev–Trinajstić information content (AvgIpc) is 3.25. The van der Waals surface area contributed by atoms with Crippen molar-refractivity contribution in [3.05, 3.63) is 30.2 Å². The van der Waals surface area contributed by atoms with E-state index < -0.39 is 0 Å². The van der Waals surface area contributed by atoms with Crippen LogP contribution in [0.2, 0.25) is 0 Å². The Morgan fingerprint density at radius 3 is 2.83 bits per heavy atom. The number of nitrogens with zero attached hydrogens (tertiary/aromatic N) is 6. The highest BCUT2D eigenvalue weighted by Gasteiger charge is 2.26. The van der Waals surface area contributed by atoms with Crippen molar-refractivity contribution < 1.29 is 9.53 Å². The van der Waals surface area contributed by atoms with E-state index in [-0.39, 0.29) is 18.3 Å². The van der Waals surface area contributed by atoms with E-state index in [1.165, 1.54) is 0 Å². The third-order valence-electron chi connectivity index (χ3n) is 5.23. The fourth-order valence-corrected chi connectivity index (χ4v) is 3.70. The maximum Gasteiger partial charge on any atom is 0.274 e. The Balaban J connectivity index is 0.00000240. The first-order valence-corrected chi connectivity index (χ1v) is 10.0. The lowest BCUT2D eigenvalue weighted by atomic mass is 10.1. The van der Waals surface area contributed by atoms with Gasteiger partial charge in [-0.05, 0) is 32.4 Å². The lowest BCUT2D eigenvalue weighted by Crippen LogP contribution is -2.49. The molecule has 2 fully saturated rings. The number of ether oxygens (including phenoxy) is 1. The van der Waals surface area contributed by atoms with Gasteiger partial charge < -0.3 is 19.9 Å². The number of hydrogen-bond acceptors (Lipinski definition) is 7. The van der Waals surface area contributed by atoms with Crippen molar-refractivity contribution in [2.45, 2.75) is 25.8 Å². The van der Waals surface area contributed by atoms with Crippen LogP contribution in [0.3, 0.4) is 0 Å². The van der Waals surface area contributed by atoms with E-state index in [1.807, 2.05) is 28.8 Å². The third kappa shape index (κ3) is 4.97. The van der Waals surface area contributed by atoms with Crippen LogP contribution >= 0.6 is 12.4 Å². The smallest absolute Gasteiger partial charge is 0.274 e. The molecule has 0 bridgehead atoms. The molecule has 158 valence electrons. The predicted molar refractivity (Wildman–Crippen MR) is 112 cm³/mol. The summed E-state index contributed by atoms with van der Waals surface area (Å²) in [5, 5.41) is 7.93. The number of piperazine rings is 1. The van der Waals surface area contributed by atoms with Gasteiger partial charge in [0.05, 0.1) is 12.6 Å². The predicted octanol–water partition coefficient (Wildman–Crippen LogP) is 1.38. The van der Waals surface area contributed by atoms with Crippen LogP contribution in [0.4, 0.5) is 5.95 Å². The molecule has 29 heavy (non-hydrogen) atoms. The minimum absolute atomic E-state index is 0. The van der Waals surface area contributed by atoms with Crippen molar-refractivity contribution in [2.75, 3.05) is 50.8 Å². The molecule has 2 aromatic rings. The summed E-state index contributed by atoms with van der Waals surface area (Å²) < 4.78 is 7.38. The van der Waals surface area contributed by atoms with Gasteiger partial charge in [0.15, 0.2) is 0 Å². The summed E-state index contributed by atoms with van der Waals surface area (Å²) in [7, 11) is 0. The molecule has 9 nitrogen and oxygen atoms in total. The molecule has 1 atom stereocenters. The van der Waals surface area contributed by atoms with Crippen LogP contribution in [0.1, 0.15) is 36.3 Å². The topological polar surface area (TPSA) is 88.4 Å². The Bertz CT molecular complexity index is 801. The van der Waals surface area contributed by atoms with Crippen molar-refractivity contribution >= 4 is 24.3 Å². The molecule has 0 aromatic carbocycles. The number of halogens is 1. The van der Waals surface area contributed by atoms with Crippen LogP contribution in [0, 0.1) is 0 Å². The van der Waals surface area contributed by atoms with Gasteiger partial charge in [-0.25, -0.2) is 4.98 Å². The molecule has 0 aliphatic carbocycles. The molecule has 1 unspecified atom stereocenters. The highest BCUT2D eigenvalue weighted by Crippen LogP contribution is 2.18. The van der Waals surface area contributed by atoms with Crippen molar-refractivity contribution in [1.29, 1.82) is 0 Å².